The second-order valence-electron chi connectivity index (χ2n) is 4.21. The summed E-state index contributed by atoms with van der Waals surface area (Å²) in [6, 6.07) is 5.91. The van der Waals surface area contributed by atoms with Crippen molar-refractivity contribution in [1.29, 1.82) is 0 Å². The van der Waals surface area contributed by atoms with Crippen molar-refractivity contribution in [2.24, 2.45) is 0 Å². The normalized spacial score (nSPS) is 11.2. The first-order valence-corrected chi connectivity index (χ1v) is 8.99. The zero-order valence-corrected chi connectivity index (χ0v) is 15.2. The van der Waals surface area contributed by atoms with E-state index < -0.39 is 34.4 Å². The minimum Gasteiger partial charge on any atom is -0.203 e. The number of hydrogen-bond donors (Lipinski definition) is 0. The number of thiophene rings is 2. The highest BCUT2D eigenvalue weighted by atomic mass is 79.9. The summed E-state index contributed by atoms with van der Waals surface area (Å²) in [4.78, 5) is 0.220. The van der Waals surface area contributed by atoms with Crippen LogP contribution in [0.5, 0.6) is 0 Å². The first-order chi connectivity index (χ1) is 10.4. The van der Waals surface area contributed by atoms with Gasteiger partial charge in [0.15, 0.2) is 23.3 Å². The summed E-state index contributed by atoms with van der Waals surface area (Å²) in [5.74, 6) is -5.58. The lowest BCUT2D eigenvalue weighted by atomic mass is 10.1. The SMILES string of the molecule is Fc1c(F)c(-c2ccc(Br)s2)c(F)c(F)c1-c1ccc(Br)s1. The number of rotatable bonds is 2. The van der Waals surface area contributed by atoms with Crippen LogP contribution in [-0.4, -0.2) is 0 Å². The summed E-state index contributed by atoms with van der Waals surface area (Å²) in [6.07, 6.45) is 0. The maximum absolute atomic E-state index is 14.3. The van der Waals surface area contributed by atoms with Crippen LogP contribution in [0.3, 0.4) is 0 Å². The van der Waals surface area contributed by atoms with Gasteiger partial charge in [0, 0.05) is 9.75 Å². The second-order valence-corrected chi connectivity index (χ2v) is 9.14. The highest BCUT2D eigenvalue weighted by Gasteiger charge is 2.28. The van der Waals surface area contributed by atoms with Gasteiger partial charge in [0.05, 0.1) is 18.7 Å². The van der Waals surface area contributed by atoms with Gasteiger partial charge in [-0.15, -0.1) is 22.7 Å². The van der Waals surface area contributed by atoms with E-state index in [1.165, 1.54) is 12.1 Å². The van der Waals surface area contributed by atoms with E-state index in [9.17, 15) is 17.6 Å². The van der Waals surface area contributed by atoms with Crippen molar-refractivity contribution in [2.75, 3.05) is 0 Å². The Kier molecular flexibility index (Phi) is 4.46. The second kappa shape index (κ2) is 6.07. The highest BCUT2D eigenvalue weighted by molar-refractivity contribution is 9.11. The third-order valence-corrected chi connectivity index (χ3v) is 6.18. The maximum Gasteiger partial charge on any atom is 0.171 e. The van der Waals surface area contributed by atoms with Crippen molar-refractivity contribution in [3.8, 4) is 20.9 Å². The third-order valence-electron chi connectivity index (χ3n) is 2.90. The Bertz CT molecular complexity index is 770. The number of halogens is 6. The molecule has 0 bridgehead atoms. The van der Waals surface area contributed by atoms with Gasteiger partial charge < -0.3 is 0 Å². The molecule has 1 aromatic carbocycles. The van der Waals surface area contributed by atoms with Crippen LogP contribution in [0.15, 0.2) is 31.8 Å². The largest absolute Gasteiger partial charge is 0.203 e. The predicted octanol–water partition coefficient (Wildman–Crippen LogP) is 7.23. The average Bonchev–Trinajstić information content (AvgIpc) is 3.07. The van der Waals surface area contributed by atoms with Crippen molar-refractivity contribution in [2.45, 2.75) is 0 Å². The van der Waals surface area contributed by atoms with Crippen LogP contribution in [0.1, 0.15) is 0 Å². The van der Waals surface area contributed by atoms with Crippen molar-refractivity contribution in [1.82, 2.24) is 0 Å². The van der Waals surface area contributed by atoms with E-state index in [1.807, 2.05) is 0 Å². The molecule has 2 heterocycles. The Morgan fingerprint density at radius 2 is 0.909 bits per heavy atom. The van der Waals surface area contributed by atoms with Crippen molar-refractivity contribution in [3.05, 3.63) is 55.1 Å². The van der Waals surface area contributed by atoms with Crippen LogP contribution in [0, 0.1) is 23.3 Å². The molecule has 2 aromatic heterocycles. The van der Waals surface area contributed by atoms with Crippen LogP contribution in [-0.2, 0) is 0 Å². The molecule has 0 unspecified atom stereocenters. The van der Waals surface area contributed by atoms with Gasteiger partial charge in [-0.3, -0.25) is 0 Å². The quantitative estimate of drug-likeness (QED) is 0.273. The summed E-state index contributed by atoms with van der Waals surface area (Å²) < 4.78 is 58.4. The predicted molar refractivity (Wildman–Crippen MR) is 88.3 cm³/mol. The van der Waals surface area contributed by atoms with Crippen LogP contribution in [0.25, 0.3) is 20.9 Å². The molecule has 3 aromatic rings. The Balaban J connectivity index is 2.29. The van der Waals surface area contributed by atoms with Gasteiger partial charge in [0.1, 0.15) is 0 Å². The molecule has 0 amide bonds. The molecule has 0 spiro atoms. The van der Waals surface area contributed by atoms with Gasteiger partial charge >= 0.3 is 0 Å². The summed E-state index contributed by atoms with van der Waals surface area (Å²) in [5, 5.41) is 0. The van der Waals surface area contributed by atoms with Gasteiger partial charge in [0.25, 0.3) is 0 Å². The zero-order chi connectivity index (χ0) is 16.0. The fourth-order valence-corrected chi connectivity index (χ4v) is 4.80. The topological polar surface area (TPSA) is 0 Å². The van der Waals surface area contributed by atoms with Crippen molar-refractivity contribution < 1.29 is 17.6 Å². The molecular formula is C14H4Br2F4S2. The van der Waals surface area contributed by atoms with E-state index in [2.05, 4.69) is 31.9 Å². The molecule has 114 valence electrons. The van der Waals surface area contributed by atoms with Crippen LogP contribution >= 0.6 is 54.5 Å². The zero-order valence-electron chi connectivity index (χ0n) is 10.4. The smallest absolute Gasteiger partial charge is 0.171 e. The van der Waals surface area contributed by atoms with Gasteiger partial charge in [0.2, 0.25) is 0 Å². The summed E-state index contributed by atoms with van der Waals surface area (Å²) >= 11 is 8.29. The minimum absolute atomic E-state index is 0.110. The Hall–Kier alpha value is -0.700. The molecule has 3 rings (SSSR count). The van der Waals surface area contributed by atoms with Gasteiger partial charge in [-0.25, -0.2) is 17.6 Å². The van der Waals surface area contributed by atoms with E-state index in [1.54, 1.807) is 12.1 Å². The maximum atomic E-state index is 14.3. The fourth-order valence-electron chi connectivity index (χ4n) is 1.96. The molecule has 8 heteroatoms. The summed E-state index contributed by atoms with van der Waals surface area (Å²) in [7, 11) is 0. The molecule has 0 radical (unpaired) electrons. The highest BCUT2D eigenvalue weighted by Crippen LogP contribution is 2.42. The monoisotopic (exact) mass is 470 g/mol. The number of benzene rings is 1. The molecule has 0 atom stereocenters. The minimum atomic E-state index is -1.40. The van der Waals surface area contributed by atoms with Gasteiger partial charge in [-0.1, -0.05) is 0 Å². The Morgan fingerprint density at radius 3 is 1.14 bits per heavy atom. The molecule has 0 aliphatic heterocycles. The van der Waals surface area contributed by atoms with Crippen molar-refractivity contribution >= 4 is 54.5 Å². The lowest BCUT2D eigenvalue weighted by Crippen LogP contribution is -2.02. The molecular weight excluding hydrogens is 468 g/mol. The van der Waals surface area contributed by atoms with Crippen LogP contribution in [0.4, 0.5) is 17.6 Å². The molecule has 0 N–H and O–H groups in total. The number of hydrogen-bond acceptors (Lipinski definition) is 2. The first kappa shape index (κ1) is 16.2. The van der Waals surface area contributed by atoms with E-state index in [0.29, 0.717) is 7.57 Å². The van der Waals surface area contributed by atoms with E-state index in [-0.39, 0.29) is 9.75 Å². The first-order valence-electron chi connectivity index (χ1n) is 5.77. The average molecular weight is 472 g/mol. The standard InChI is InChI=1S/C14H4Br2F4S2/c15-7-3-1-5(21-7)9-11(17)13(19)10(14(20)12(9)18)6-2-4-8(16)22-6/h1-4H. The van der Waals surface area contributed by atoms with E-state index in [0.717, 1.165) is 22.7 Å². The third kappa shape index (κ3) is 2.66. The fraction of sp³-hybridized carbons (Fsp3) is 0. The van der Waals surface area contributed by atoms with Gasteiger partial charge in [-0.05, 0) is 56.1 Å². The molecule has 0 saturated heterocycles. The Morgan fingerprint density at radius 1 is 0.591 bits per heavy atom. The van der Waals surface area contributed by atoms with Crippen LogP contribution in [0.2, 0.25) is 0 Å². The van der Waals surface area contributed by atoms with Gasteiger partial charge in [-0.2, -0.15) is 0 Å². The lowest BCUT2D eigenvalue weighted by molar-refractivity contribution is 0.463. The van der Waals surface area contributed by atoms with E-state index >= 15 is 0 Å². The van der Waals surface area contributed by atoms with Crippen LogP contribution < -0.4 is 0 Å². The lowest BCUT2D eigenvalue weighted by Gasteiger charge is -2.10. The Labute approximate surface area is 147 Å². The van der Waals surface area contributed by atoms with E-state index in [4.69, 9.17) is 0 Å². The summed E-state index contributed by atoms with van der Waals surface area (Å²) in [6.45, 7) is 0. The molecule has 0 saturated carbocycles. The van der Waals surface area contributed by atoms with Crippen molar-refractivity contribution in [3.63, 3.8) is 0 Å². The summed E-state index contributed by atoms with van der Waals surface area (Å²) in [5.41, 5.74) is -1.38. The molecule has 0 fully saturated rings. The molecule has 22 heavy (non-hydrogen) atoms. The molecule has 0 aliphatic rings. The molecule has 0 nitrogen and oxygen atoms in total. The molecule has 0 aliphatic carbocycles.